The molecule has 0 saturated heterocycles. The average molecular weight is 414 g/mol. The number of nitrogens with zero attached hydrogens (tertiary/aromatic N) is 2. The summed E-state index contributed by atoms with van der Waals surface area (Å²) in [6.45, 7) is 4.23. The maximum absolute atomic E-state index is 14.6. The Hall–Kier alpha value is -2.67. The fraction of sp³-hybridized carbons (Fsp3) is 0.318. The predicted molar refractivity (Wildman–Crippen MR) is 114 cm³/mol. The lowest BCUT2D eigenvalue weighted by Crippen LogP contribution is -2.25. The van der Waals surface area contributed by atoms with Crippen LogP contribution in [0.3, 0.4) is 0 Å². The first kappa shape index (κ1) is 21.0. The molecule has 5 nitrogen and oxygen atoms in total. The van der Waals surface area contributed by atoms with Crippen molar-refractivity contribution in [3.05, 3.63) is 76.2 Å². The maximum atomic E-state index is 14.6. The molecule has 1 atom stereocenters. The van der Waals surface area contributed by atoms with E-state index < -0.39 is 5.54 Å². The van der Waals surface area contributed by atoms with E-state index in [-0.39, 0.29) is 11.8 Å². The number of benzene rings is 1. The van der Waals surface area contributed by atoms with Gasteiger partial charge >= 0.3 is 5.97 Å². The molecule has 2 aromatic rings. The zero-order valence-electron chi connectivity index (χ0n) is 16.5. The van der Waals surface area contributed by atoms with E-state index in [1.54, 1.807) is 30.5 Å². The second kappa shape index (κ2) is 9.22. The molecule has 0 amide bonds. The molecule has 1 aliphatic heterocycles. The van der Waals surface area contributed by atoms with E-state index >= 15 is 0 Å². The van der Waals surface area contributed by atoms with Gasteiger partial charge in [-0.1, -0.05) is 31.2 Å². The van der Waals surface area contributed by atoms with Crippen LogP contribution in [0.1, 0.15) is 53.9 Å². The molecule has 0 bridgehead atoms. The number of ether oxygens (including phenoxy) is 1. The van der Waals surface area contributed by atoms with Gasteiger partial charge in [0, 0.05) is 18.2 Å². The molecule has 2 heterocycles. The third-order valence-electron chi connectivity index (χ3n) is 4.71. The maximum Gasteiger partial charge on any atom is 0.340 e. The summed E-state index contributed by atoms with van der Waals surface area (Å²) in [4.78, 5) is 21.2. The third kappa shape index (κ3) is 5.03. The number of unbranched alkanes of at least 4 members (excludes halogenated alkanes) is 1. The summed E-state index contributed by atoms with van der Waals surface area (Å²) < 4.78 is 19.9. The molecule has 3 rings (SSSR count). The fourth-order valence-electron chi connectivity index (χ4n) is 3.09. The number of aromatic nitrogens is 1. The lowest BCUT2D eigenvalue weighted by atomic mass is 9.90. The molecule has 7 heteroatoms. The van der Waals surface area contributed by atoms with Crippen molar-refractivity contribution in [2.24, 2.45) is 10.7 Å². The quantitative estimate of drug-likeness (QED) is 0.532. The van der Waals surface area contributed by atoms with E-state index in [9.17, 15) is 9.18 Å². The molecule has 2 N–H and O–H groups in total. The van der Waals surface area contributed by atoms with Crippen molar-refractivity contribution in [3.8, 4) is 0 Å². The van der Waals surface area contributed by atoms with Gasteiger partial charge in [0.05, 0.1) is 17.9 Å². The van der Waals surface area contributed by atoms with Crippen molar-refractivity contribution in [1.82, 2.24) is 4.98 Å². The summed E-state index contributed by atoms with van der Waals surface area (Å²) in [5.74, 6) is -0.745. The zero-order valence-corrected chi connectivity index (χ0v) is 17.3. The first-order chi connectivity index (χ1) is 13.9. The van der Waals surface area contributed by atoms with E-state index in [0.29, 0.717) is 35.0 Å². The van der Waals surface area contributed by atoms with Crippen LogP contribution in [0.15, 0.2) is 53.0 Å². The first-order valence-corrected chi connectivity index (χ1v) is 10.4. The number of rotatable bonds is 7. The Balaban J connectivity index is 1.88. The van der Waals surface area contributed by atoms with Crippen LogP contribution in [0.4, 0.5) is 4.39 Å². The summed E-state index contributed by atoms with van der Waals surface area (Å²) in [7, 11) is 0. The van der Waals surface area contributed by atoms with Crippen molar-refractivity contribution in [3.63, 3.8) is 0 Å². The molecule has 1 aliphatic rings. The summed E-state index contributed by atoms with van der Waals surface area (Å²) >= 11 is 1.30. The van der Waals surface area contributed by atoms with E-state index in [2.05, 4.69) is 9.98 Å². The van der Waals surface area contributed by atoms with Crippen molar-refractivity contribution in [1.29, 1.82) is 0 Å². The third-order valence-corrected chi connectivity index (χ3v) is 5.32. The SMILES string of the molecule is CCCCOC(=O)c1cccnc1Cc1ccc(F)c([C@]2(C)C=CSC(N)=N2)c1. The first-order valence-electron chi connectivity index (χ1n) is 9.52. The predicted octanol–water partition coefficient (Wildman–Crippen LogP) is 4.56. The fourth-order valence-corrected chi connectivity index (χ4v) is 3.81. The molecule has 1 aromatic carbocycles. The number of nitrogens with two attached hydrogens (primary N) is 1. The minimum Gasteiger partial charge on any atom is -0.462 e. The molecule has 29 heavy (non-hydrogen) atoms. The van der Waals surface area contributed by atoms with Crippen LogP contribution < -0.4 is 5.73 Å². The highest BCUT2D eigenvalue weighted by molar-refractivity contribution is 8.16. The molecular formula is C22H24FN3O2S. The van der Waals surface area contributed by atoms with Gasteiger partial charge in [-0.15, -0.1) is 0 Å². The van der Waals surface area contributed by atoms with Crippen LogP contribution in [-0.4, -0.2) is 22.7 Å². The largest absolute Gasteiger partial charge is 0.462 e. The highest BCUT2D eigenvalue weighted by atomic mass is 32.2. The number of halogens is 1. The highest BCUT2D eigenvalue weighted by Gasteiger charge is 2.29. The monoisotopic (exact) mass is 413 g/mol. The van der Waals surface area contributed by atoms with Gasteiger partial charge in [-0.25, -0.2) is 14.2 Å². The van der Waals surface area contributed by atoms with E-state index in [1.165, 1.54) is 17.8 Å². The zero-order chi connectivity index (χ0) is 20.9. The topological polar surface area (TPSA) is 77.6 Å². The lowest BCUT2D eigenvalue weighted by molar-refractivity contribution is 0.0498. The summed E-state index contributed by atoms with van der Waals surface area (Å²) in [6.07, 6.45) is 5.60. The van der Waals surface area contributed by atoms with Gasteiger partial charge in [-0.05, 0) is 54.7 Å². The molecule has 0 spiro atoms. The second-order valence-corrected chi connectivity index (χ2v) is 7.92. The summed E-state index contributed by atoms with van der Waals surface area (Å²) in [6, 6.07) is 8.28. The number of pyridine rings is 1. The molecule has 0 saturated carbocycles. The number of carbonyl (C=O) groups excluding carboxylic acids is 1. The van der Waals surface area contributed by atoms with Crippen molar-refractivity contribution in [2.75, 3.05) is 6.61 Å². The molecule has 1 aromatic heterocycles. The van der Waals surface area contributed by atoms with Crippen LogP contribution >= 0.6 is 11.8 Å². The average Bonchev–Trinajstić information content (AvgIpc) is 2.69. The lowest BCUT2D eigenvalue weighted by Gasteiger charge is -2.26. The molecular weight excluding hydrogens is 389 g/mol. The highest BCUT2D eigenvalue weighted by Crippen LogP contribution is 2.34. The van der Waals surface area contributed by atoms with Crippen LogP contribution in [0, 0.1) is 5.82 Å². The van der Waals surface area contributed by atoms with Gasteiger partial charge in [-0.3, -0.25) is 4.98 Å². The molecule has 0 fully saturated rings. The standard InChI is InChI=1S/C22H24FN3O2S/c1-3-4-11-28-20(27)16-6-5-10-25-19(16)14-15-7-8-18(23)17(13-15)22(2)9-12-29-21(24)26-22/h5-10,12-13H,3-4,11,14H2,1-2H3,(H2,24,26)/t22-/m0/s1. The Labute approximate surface area is 174 Å². The van der Waals surface area contributed by atoms with Crippen molar-refractivity contribution in [2.45, 2.75) is 38.6 Å². The Morgan fingerprint density at radius 1 is 1.34 bits per heavy atom. The number of thioether (sulfide) groups is 1. The second-order valence-electron chi connectivity index (χ2n) is 7.00. The molecule has 152 valence electrons. The minimum atomic E-state index is -0.874. The van der Waals surface area contributed by atoms with Crippen LogP contribution in [-0.2, 0) is 16.7 Å². The van der Waals surface area contributed by atoms with E-state index in [4.69, 9.17) is 10.5 Å². The van der Waals surface area contributed by atoms with Gasteiger partial charge in [0.25, 0.3) is 0 Å². The minimum absolute atomic E-state index is 0.357. The van der Waals surface area contributed by atoms with Gasteiger partial charge < -0.3 is 10.5 Å². The number of hydrogen-bond acceptors (Lipinski definition) is 6. The number of hydrogen-bond donors (Lipinski definition) is 1. The van der Waals surface area contributed by atoms with Gasteiger partial charge in [0.15, 0.2) is 5.17 Å². The Morgan fingerprint density at radius 3 is 2.93 bits per heavy atom. The summed E-state index contributed by atoms with van der Waals surface area (Å²) in [5, 5.41) is 2.21. The number of esters is 1. The molecule has 0 unspecified atom stereocenters. The van der Waals surface area contributed by atoms with Crippen molar-refractivity contribution >= 4 is 22.9 Å². The normalized spacial score (nSPS) is 18.4. The number of aliphatic imine (C=N–C) groups is 1. The van der Waals surface area contributed by atoms with E-state index in [0.717, 1.165) is 18.4 Å². The van der Waals surface area contributed by atoms with Gasteiger partial charge in [0.2, 0.25) is 0 Å². The van der Waals surface area contributed by atoms with Crippen LogP contribution in [0.5, 0.6) is 0 Å². The number of amidine groups is 1. The van der Waals surface area contributed by atoms with Gasteiger partial charge in [0.1, 0.15) is 11.4 Å². The smallest absolute Gasteiger partial charge is 0.340 e. The number of carbonyl (C=O) groups is 1. The van der Waals surface area contributed by atoms with E-state index in [1.807, 2.05) is 25.3 Å². The summed E-state index contributed by atoms with van der Waals surface area (Å²) in [5.41, 5.74) is 7.24. The Bertz CT molecular complexity index is 961. The molecule has 0 aliphatic carbocycles. The Kier molecular flexibility index (Phi) is 6.69. The van der Waals surface area contributed by atoms with Crippen molar-refractivity contribution < 1.29 is 13.9 Å². The van der Waals surface area contributed by atoms with Crippen LogP contribution in [0.2, 0.25) is 0 Å². The molecule has 0 radical (unpaired) electrons. The van der Waals surface area contributed by atoms with Crippen LogP contribution in [0.25, 0.3) is 0 Å². The Morgan fingerprint density at radius 2 is 2.17 bits per heavy atom. The van der Waals surface area contributed by atoms with Gasteiger partial charge in [-0.2, -0.15) is 0 Å².